The Bertz CT molecular complexity index is 615. The Hall–Kier alpha value is -1.58. The Labute approximate surface area is 123 Å². The molecule has 20 heavy (non-hydrogen) atoms. The second-order valence-electron chi connectivity index (χ2n) is 4.64. The normalized spacial score (nSPS) is 12.2. The lowest BCUT2D eigenvalue weighted by atomic mass is 9.97. The van der Waals surface area contributed by atoms with E-state index in [1.807, 2.05) is 38.2 Å². The predicted octanol–water partition coefficient (Wildman–Crippen LogP) is 4.10. The van der Waals surface area contributed by atoms with Crippen LogP contribution >= 0.6 is 11.6 Å². The van der Waals surface area contributed by atoms with Gasteiger partial charge in [-0.2, -0.15) is 0 Å². The third-order valence-electron chi connectivity index (χ3n) is 3.26. The summed E-state index contributed by atoms with van der Waals surface area (Å²) in [5, 5.41) is 3.83. The van der Waals surface area contributed by atoms with Crippen molar-refractivity contribution in [2.75, 3.05) is 14.2 Å². The van der Waals surface area contributed by atoms with E-state index >= 15 is 0 Å². The molecule has 0 amide bonds. The van der Waals surface area contributed by atoms with Crippen molar-refractivity contribution in [3.05, 3.63) is 63.9 Å². The zero-order valence-corrected chi connectivity index (χ0v) is 12.5. The van der Waals surface area contributed by atoms with E-state index in [2.05, 4.69) is 5.32 Å². The molecule has 1 unspecified atom stereocenters. The number of rotatable bonds is 4. The predicted molar refractivity (Wildman–Crippen MR) is 80.0 cm³/mol. The Morgan fingerprint density at radius 2 is 1.95 bits per heavy atom. The van der Waals surface area contributed by atoms with E-state index in [9.17, 15) is 4.39 Å². The van der Waals surface area contributed by atoms with E-state index in [1.165, 1.54) is 13.2 Å². The fraction of sp³-hybridized carbons (Fsp3) is 0.250. The average molecular weight is 294 g/mol. The van der Waals surface area contributed by atoms with Gasteiger partial charge in [0, 0.05) is 5.02 Å². The van der Waals surface area contributed by atoms with Crippen LogP contribution < -0.4 is 10.1 Å². The second kappa shape index (κ2) is 6.25. The second-order valence-corrected chi connectivity index (χ2v) is 5.05. The molecular weight excluding hydrogens is 277 g/mol. The van der Waals surface area contributed by atoms with Crippen LogP contribution in [0.3, 0.4) is 0 Å². The number of methoxy groups -OCH3 is 1. The van der Waals surface area contributed by atoms with E-state index < -0.39 is 0 Å². The van der Waals surface area contributed by atoms with Gasteiger partial charge in [0.15, 0.2) is 11.6 Å². The first-order chi connectivity index (χ1) is 9.56. The molecule has 0 saturated heterocycles. The summed E-state index contributed by atoms with van der Waals surface area (Å²) in [7, 11) is 3.27. The summed E-state index contributed by atoms with van der Waals surface area (Å²) in [5.41, 5.74) is 2.82. The van der Waals surface area contributed by atoms with Gasteiger partial charge in [-0.1, -0.05) is 29.8 Å². The van der Waals surface area contributed by atoms with Crippen LogP contribution in [0.15, 0.2) is 36.4 Å². The van der Waals surface area contributed by atoms with E-state index in [0.29, 0.717) is 5.02 Å². The number of halogens is 2. The highest BCUT2D eigenvalue weighted by Crippen LogP contribution is 2.30. The monoisotopic (exact) mass is 293 g/mol. The molecular formula is C16H17ClFNO. The van der Waals surface area contributed by atoms with Crippen LogP contribution in [0.5, 0.6) is 5.75 Å². The number of aryl methyl sites for hydroxylation is 1. The molecule has 2 rings (SSSR count). The van der Waals surface area contributed by atoms with E-state index in [1.54, 1.807) is 6.07 Å². The average Bonchev–Trinajstić information content (AvgIpc) is 2.42. The van der Waals surface area contributed by atoms with Crippen molar-refractivity contribution in [3.8, 4) is 5.75 Å². The fourth-order valence-electron chi connectivity index (χ4n) is 2.23. The highest BCUT2D eigenvalue weighted by molar-refractivity contribution is 6.31. The fourth-order valence-corrected chi connectivity index (χ4v) is 2.57. The number of hydrogen-bond acceptors (Lipinski definition) is 2. The molecule has 4 heteroatoms. The van der Waals surface area contributed by atoms with Crippen molar-refractivity contribution in [3.63, 3.8) is 0 Å². The van der Waals surface area contributed by atoms with Gasteiger partial charge in [0.1, 0.15) is 0 Å². The standard InChI is InChI=1S/C16H17ClFNO/c1-10-4-6-12(13(17)8-10)16(19-2)11-5-7-15(20-3)14(18)9-11/h4-9,16,19H,1-3H3. The molecule has 2 nitrogen and oxygen atoms in total. The molecule has 0 fully saturated rings. The van der Waals surface area contributed by atoms with Gasteiger partial charge in [-0.05, 0) is 48.9 Å². The van der Waals surface area contributed by atoms with Crippen LogP contribution in [-0.4, -0.2) is 14.2 Å². The van der Waals surface area contributed by atoms with Crippen LogP contribution in [0.4, 0.5) is 4.39 Å². The summed E-state index contributed by atoms with van der Waals surface area (Å²) in [6.45, 7) is 1.98. The van der Waals surface area contributed by atoms with E-state index in [-0.39, 0.29) is 17.6 Å². The first-order valence-electron chi connectivity index (χ1n) is 6.33. The lowest BCUT2D eigenvalue weighted by molar-refractivity contribution is 0.386. The molecule has 0 aliphatic rings. The number of nitrogens with one attached hydrogen (secondary N) is 1. The summed E-state index contributed by atoms with van der Waals surface area (Å²) in [4.78, 5) is 0. The summed E-state index contributed by atoms with van der Waals surface area (Å²) in [5.74, 6) is -0.146. The first-order valence-corrected chi connectivity index (χ1v) is 6.71. The Morgan fingerprint density at radius 3 is 2.50 bits per heavy atom. The van der Waals surface area contributed by atoms with Crippen molar-refractivity contribution >= 4 is 11.6 Å². The lowest BCUT2D eigenvalue weighted by Gasteiger charge is -2.19. The number of ether oxygens (including phenoxy) is 1. The van der Waals surface area contributed by atoms with Gasteiger partial charge in [0.05, 0.1) is 13.2 Å². The Kier molecular flexibility index (Phi) is 4.63. The molecule has 0 heterocycles. The van der Waals surface area contributed by atoms with Gasteiger partial charge in [-0.25, -0.2) is 4.39 Å². The molecule has 1 atom stereocenters. The SMILES string of the molecule is CNC(c1ccc(OC)c(F)c1)c1ccc(C)cc1Cl. The van der Waals surface area contributed by atoms with Crippen molar-refractivity contribution in [2.24, 2.45) is 0 Å². The van der Waals surface area contributed by atoms with Crippen molar-refractivity contribution < 1.29 is 9.13 Å². The maximum absolute atomic E-state index is 13.8. The van der Waals surface area contributed by atoms with Crippen LogP contribution in [-0.2, 0) is 0 Å². The summed E-state index contributed by atoms with van der Waals surface area (Å²) in [6.07, 6.45) is 0. The van der Waals surface area contributed by atoms with Crippen molar-refractivity contribution in [1.29, 1.82) is 0 Å². The quantitative estimate of drug-likeness (QED) is 0.916. The Balaban J connectivity index is 2.44. The molecule has 0 radical (unpaired) electrons. The minimum absolute atomic E-state index is 0.163. The van der Waals surface area contributed by atoms with Gasteiger partial charge >= 0.3 is 0 Å². The third-order valence-corrected chi connectivity index (χ3v) is 3.59. The first kappa shape index (κ1) is 14.8. The van der Waals surface area contributed by atoms with Crippen LogP contribution in [0.25, 0.3) is 0 Å². The maximum atomic E-state index is 13.8. The molecule has 106 valence electrons. The smallest absolute Gasteiger partial charge is 0.165 e. The molecule has 0 spiro atoms. The van der Waals surface area contributed by atoms with Gasteiger partial charge < -0.3 is 10.1 Å². The zero-order valence-electron chi connectivity index (χ0n) is 11.7. The molecule has 0 bridgehead atoms. The molecule has 1 N–H and O–H groups in total. The summed E-state index contributed by atoms with van der Waals surface area (Å²) >= 11 is 6.29. The molecule has 0 aliphatic carbocycles. The highest BCUT2D eigenvalue weighted by atomic mass is 35.5. The van der Waals surface area contributed by atoms with E-state index in [4.69, 9.17) is 16.3 Å². The summed E-state index contributed by atoms with van der Waals surface area (Å²) in [6, 6.07) is 10.6. The van der Waals surface area contributed by atoms with Gasteiger partial charge in [-0.15, -0.1) is 0 Å². The van der Waals surface area contributed by atoms with Crippen molar-refractivity contribution in [2.45, 2.75) is 13.0 Å². The van der Waals surface area contributed by atoms with Crippen LogP contribution in [0.2, 0.25) is 5.02 Å². The largest absolute Gasteiger partial charge is 0.494 e. The molecule has 2 aromatic carbocycles. The molecule has 0 saturated carbocycles. The van der Waals surface area contributed by atoms with Gasteiger partial charge in [-0.3, -0.25) is 0 Å². The minimum Gasteiger partial charge on any atom is -0.494 e. The van der Waals surface area contributed by atoms with E-state index in [0.717, 1.165) is 16.7 Å². The van der Waals surface area contributed by atoms with Crippen molar-refractivity contribution in [1.82, 2.24) is 5.32 Å². The van der Waals surface area contributed by atoms with Crippen LogP contribution in [0, 0.1) is 12.7 Å². The number of hydrogen-bond donors (Lipinski definition) is 1. The molecule has 0 aromatic heterocycles. The third kappa shape index (κ3) is 2.94. The zero-order chi connectivity index (χ0) is 14.7. The lowest BCUT2D eigenvalue weighted by Crippen LogP contribution is -2.18. The van der Waals surface area contributed by atoms with Crippen LogP contribution in [0.1, 0.15) is 22.7 Å². The molecule has 0 aliphatic heterocycles. The van der Waals surface area contributed by atoms with Gasteiger partial charge in [0.2, 0.25) is 0 Å². The maximum Gasteiger partial charge on any atom is 0.165 e. The highest BCUT2D eigenvalue weighted by Gasteiger charge is 2.17. The topological polar surface area (TPSA) is 21.3 Å². The number of benzene rings is 2. The molecule has 2 aromatic rings. The Morgan fingerprint density at radius 1 is 1.20 bits per heavy atom. The summed E-state index contributed by atoms with van der Waals surface area (Å²) < 4.78 is 18.8. The van der Waals surface area contributed by atoms with Gasteiger partial charge in [0.25, 0.3) is 0 Å². The minimum atomic E-state index is -0.381.